The standard InChI is InChI=1S/C29H54ClN7O2/c1-26(2)17-21(18-27(3,4)36(26)38)13-9-11-15-31-24-33-23(30)34-25(35-24)32-16-12-10-14-22-19-28(5,6)37(39)29(7,8)20-22/h21-22,38-39H,9-20H2,1-8H3,(H2,31,32,33,34,35). The lowest BCUT2D eigenvalue weighted by Gasteiger charge is -2.51. The van der Waals surface area contributed by atoms with Gasteiger partial charge in [0.05, 0.1) is 0 Å². The fraction of sp³-hybridized carbons (Fsp3) is 0.897. The van der Waals surface area contributed by atoms with Crippen LogP contribution in [0.5, 0.6) is 0 Å². The second-order valence-corrected chi connectivity index (χ2v) is 14.9. The highest BCUT2D eigenvalue weighted by molar-refractivity contribution is 6.28. The van der Waals surface area contributed by atoms with E-state index in [1.54, 1.807) is 10.1 Å². The smallest absolute Gasteiger partial charge is 0.228 e. The molecule has 0 aliphatic carbocycles. The highest BCUT2D eigenvalue weighted by Crippen LogP contribution is 2.42. The van der Waals surface area contributed by atoms with Crippen LogP contribution in [0.2, 0.25) is 5.28 Å². The molecular formula is C29H54ClN7O2. The molecule has 10 heteroatoms. The predicted molar refractivity (Wildman–Crippen MR) is 159 cm³/mol. The van der Waals surface area contributed by atoms with Crippen molar-refractivity contribution in [2.24, 2.45) is 11.8 Å². The number of piperidine rings is 2. The van der Waals surface area contributed by atoms with E-state index in [1.807, 2.05) is 0 Å². The summed E-state index contributed by atoms with van der Waals surface area (Å²) < 4.78 is 0. The van der Waals surface area contributed by atoms with E-state index in [1.165, 1.54) is 0 Å². The first-order valence-electron chi connectivity index (χ1n) is 14.9. The average molecular weight is 568 g/mol. The minimum atomic E-state index is -0.193. The summed E-state index contributed by atoms with van der Waals surface area (Å²) in [6.07, 6.45) is 10.6. The summed E-state index contributed by atoms with van der Waals surface area (Å²) in [5, 5.41) is 30.9. The molecule has 39 heavy (non-hydrogen) atoms. The number of nitrogens with one attached hydrogen (secondary N) is 2. The number of unbranched alkanes of at least 4 members (excludes halogenated alkanes) is 2. The van der Waals surface area contributed by atoms with Crippen LogP contribution in [0.1, 0.15) is 120 Å². The largest absolute Gasteiger partial charge is 0.354 e. The number of nitrogens with zero attached hydrogens (tertiary/aromatic N) is 5. The van der Waals surface area contributed by atoms with Gasteiger partial charge < -0.3 is 21.0 Å². The predicted octanol–water partition coefficient (Wildman–Crippen LogP) is 7.01. The Kier molecular flexibility index (Phi) is 10.5. The van der Waals surface area contributed by atoms with Gasteiger partial charge in [0.2, 0.25) is 17.2 Å². The lowest BCUT2D eigenvalue weighted by atomic mass is 9.73. The number of rotatable bonds is 12. The van der Waals surface area contributed by atoms with E-state index in [-0.39, 0.29) is 27.4 Å². The zero-order chi connectivity index (χ0) is 29.1. The molecule has 0 amide bonds. The van der Waals surface area contributed by atoms with Gasteiger partial charge in [0.15, 0.2) is 0 Å². The summed E-state index contributed by atoms with van der Waals surface area (Å²) in [6.45, 7) is 18.6. The van der Waals surface area contributed by atoms with Crippen molar-refractivity contribution in [3.63, 3.8) is 0 Å². The van der Waals surface area contributed by atoms with E-state index < -0.39 is 0 Å². The minimum Gasteiger partial charge on any atom is -0.354 e. The van der Waals surface area contributed by atoms with Crippen molar-refractivity contribution in [3.8, 4) is 0 Å². The molecule has 9 nitrogen and oxygen atoms in total. The summed E-state index contributed by atoms with van der Waals surface area (Å²) in [5.41, 5.74) is -0.773. The Balaban J connectivity index is 1.35. The molecule has 0 aromatic carbocycles. The van der Waals surface area contributed by atoms with Gasteiger partial charge in [-0.2, -0.15) is 25.1 Å². The summed E-state index contributed by atoms with van der Waals surface area (Å²) in [4.78, 5) is 13.0. The van der Waals surface area contributed by atoms with Gasteiger partial charge in [-0.1, -0.05) is 25.7 Å². The van der Waals surface area contributed by atoms with Crippen LogP contribution in [0.25, 0.3) is 0 Å². The SMILES string of the molecule is CC1(C)CC(CCCCNc2nc(Cl)nc(NCCCCC3CC(C)(C)N(O)C(C)(C)C3)n2)CC(C)(C)N1O. The fourth-order valence-corrected chi connectivity index (χ4v) is 7.55. The van der Waals surface area contributed by atoms with E-state index in [2.05, 4.69) is 81.0 Å². The van der Waals surface area contributed by atoms with Crippen LogP contribution < -0.4 is 10.6 Å². The van der Waals surface area contributed by atoms with Gasteiger partial charge in [0.25, 0.3) is 0 Å². The van der Waals surface area contributed by atoms with E-state index in [9.17, 15) is 10.4 Å². The van der Waals surface area contributed by atoms with Crippen LogP contribution >= 0.6 is 11.6 Å². The van der Waals surface area contributed by atoms with E-state index in [0.717, 1.165) is 77.3 Å². The highest BCUT2D eigenvalue weighted by Gasteiger charge is 2.45. The van der Waals surface area contributed by atoms with Crippen LogP contribution in [0, 0.1) is 11.8 Å². The van der Waals surface area contributed by atoms with Crippen molar-refractivity contribution >= 4 is 23.5 Å². The van der Waals surface area contributed by atoms with Crippen LogP contribution in [-0.2, 0) is 0 Å². The fourth-order valence-electron chi connectivity index (χ4n) is 7.39. The summed E-state index contributed by atoms with van der Waals surface area (Å²) in [6, 6.07) is 0. The van der Waals surface area contributed by atoms with Crippen molar-refractivity contribution in [2.75, 3.05) is 23.7 Å². The van der Waals surface area contributed by atoms with Gasteiger partial charge in [-0.15, -0.1) is 0 Å². The Morgan fingerprint density at radius 3 is 1.31 bits per heavy atom. The van der Waals surface area contributed by atoms with E-state index in [0.29, 0.717) is 23.7 Å². The Labute approximate surface area is 241 Å². The van der Waals surface area contributed by atoms with Gasteiger partial charge in [0, 0.05) is 35.2 Å². The molecule has 0 saturated carbocycles. The minimum absolute atomic E-state index is 0.190. The molecule has 0 spiro atoms. The Bertz CT molecular complexity index is 834. The van der Waals surface area contributed by atoms with Crippen LogP contribution in [0.15, 0.2) is 0 Å². The third-order valence-corrected chi connectivity index (χ3v) is 8.87. The summed E-state index contributed by atoms with van der Waals surface area (Å²) in [5.74, 6) is 2.24. The first kappa shape index (κ1) is 32.3. The highest BCUT2D eigenvalue weighted by atomic mass is 35.5. The summed E-state index contributed by atoms with van der Waals surface area (Å²) in [7, 11) is 0. The summed E-state index contributed by atoms with van der Waals surface area (Å²) >= 11 is 6.17. The topological polar surface area (TPSA) is 110 Å². The third kappa shape index (κ3) is 8.86. The van der Waals surface area contributed by atoms with Gasteiger partial charge in [-0.05, 0) is 117 Å². The monoisotopic (exact) mass is 567 g/mol. The lowest BCUT2D eigenvalue weighted by Crippen LogP contribution is -2.58. The molecule has 1 aromatic rings. The molecule has 3 rings (SSSR count). The number of aromatic nitrogens is 3. The normalized spacial score (nSPS) is 23.6. The number of hydroxylamine groups is 4. The molecule has 0 bridgehead atoms. The second-order valence-electron chi connectivity index (χ2n) is 14.5. The van der Waals surface area contributed by atoms with Crippen LogP contribution in [0.4, 0.5) is 11.9 Å². The quantitative estimate of drug-likeness (QED) is 0.198. The van der Waals surface area contributed by atoms with Gasteiger partial charge in [-0.3, -0.25) is 0 Å². The first-order chi connectivity index (χ1) is 18.0. The third-order valence-electron chi connectivity index (χ3n) is 8.70. The van der Waals surface area contributed by atoms with Crippen molar-refractivity contribution in [1.82, 2.24) is 25.1 Å². The molecule has 1 aromatic heterocycles. The van der Waals surface area contributed by atoms with Crippen molar-refractivity contribution < 1.29 is 10.4 Å². The molecular weight excluding hydrogens is 514 g/mol. The molecule has 2 aliphatic heterocycles. The molecule has 0 radical (unpaired) electrons. The molecule has 3 heterocycles. The Morgan fingerprint density at radius 2 is 0.974 bits per heavy atom. The van der Waals surface area contributed by atoms with Crippen molar-refractivity contribution in [3.05, 3.63) is 5.28 Å². The molecule has 224 valence electrons. The first-order valence-corrected chi connectivity index (χ1v) is 15.3. The molecule has 0 unspecified atom stereocenters. The molecule has 2 aliphatic rings. The van der Waals surface area contributed by atoms with Crippen LogP contribution in [0.3, 0.4) is 0 Å². The lowest BCUT2D eigenvalue weighted by molar-refractivity contribution is -0.251. The zero-order valence-corrected chi connectivity index (χ0v) is 26.4. The van der Waals surface area contributed by atoms with Gasteiger partial charge in [0.1, 0.15) is 0 Å². The molecule has 2 saturated heterocycles. The number of anilines is 2. The second kappa shape index (κ2) is 12.7. The van der Waals surface area contributed by atoms with E-state index >= 15 is 0 Å². The number of hydrogen-bond acceptors (Lipinski definition) is 9. The molecule has 2 fully saturated rings. The van der Waals surface area contributed by atoms with Crippen molar-refractivity contribution in [1.29, 1.82) is 0 Å². The maximum absolute atomic E-state index is 10.5. The maximum Gasteiger partial charge on any atom is 0.228 e. The molecule has 0 atom stereocenters. The Hall–Kier alpha value is -1.26. The van der Waals surface area contributed by atoms with Crippen LogP contribution in [-0.4, -0.2) is 70.7 Å². The molecule has 4 N–H and O–H groups in total. The zero-order valence-electron chi connectivity index (χ0n) is 25.6. The van der Waals surface area contributed by atoms with Crippen molar-refractivity contribution in [2.45, 2.75) is 142 Å². The van der Waals surface area contributed by atoms with Gasteiger partial charge >= 0.3 is 0 Å². The van der Waals surface area contributed by atoms with Gasteiger partial charge in [-0.25, -0.2) is 0 Å². The number of hydrogen-bond donors (Lipinski definition) is 4. The average Bonchev–Trinajstić information content (AvgIpc) is 2.79. The maximum atomic E-state index is 10.5. The number of halogens is 1. The van der Waals surface area contributed by atoms with E-state index in [4.69, 9.17) is 11.6 Å². The Morgan fingerprint density at radius 1 is 0.641 bits per heavy atom.